The molecule has 0 atom stereocenters. The summed E-state index contributed by atoms with van der Waals surface area (Å²) in [6.07, 6.45) is 0. The van der Waals surface area contributed by atoms with E-state index < -0.39 is 4.92 Å². The van der Waals surface area contributed by atoms with Crippen molar-refractivity contribution in [3.8, 4) is 6.07 Å². The molecule has 1 aromatic rings. The minimum Gasteiger partial charge on any atom is -0.361 e. The van der Waals surface area contributed by atoms with Crippen molar-refractivity contribution in [3.05, 3.63) is 34.4 Å². The van der Waals surface area contributed by atoms with Gasteiger partial charge in [-0.25, -0.2) is 0 Å². The minimum atomic E-state index is -0.450. The van der Waals surface area contributed by atoms with Crippen LogP contribution in [0.4, 0.5) is 11.4 Å². The molecule has 0 N–H and O–H groups in total. The molecule has 0 amide bonds. The predicted molar refractivity (Wildman–Crippen MR) is 52.0 cm³/mol. The molecule has 0 aliphatic rings. The number of benzene rings is 1. The molecule has 0 fully saturated rings. The van der Waals surface area contributed by atoms with E-state index in [9.17, 15) is 10.1 Å². The number of nitro benzene ring substituents is 1. The van der Waals surface area contributed by atoms with Gasteiger partial charge in [-0.05, 0) is 12.1 Å². The number of anilines is 1. The maximum atomic E-state index is 10.3. The van der Waals surface area contributed by atoms with E-state index in [1.165, 1.54) is 12.1 Å². The van der Waals surface area contributed by atoms with Crippen molar-refractivity contribution in [2.24, 2.45) is 0 Å². The number of hydrogen-bond donors (Lipinski definition) is 0. The third kappa shape index (κ3) is 2.20. The highest BCUT2D eigenvalue weighted by Crippen LogP contribution is 2.17. The average Bonchev–Trinajstić information content (AvgIpc) is 2.18. The highest BCUT2D eigenvalue weighted by atomic mass is 16.6. The predicted octanol–water partition coefficient (Wildman–Crippen LogP) is 1.55. The molecule has 0 saturated heterocycles. The molecular formula is C9H9N3O2. The molecule has 5 heteroatoms. The molecule has 1 aromatic carbocycles. The molecular weight excluding hydrogens is 182 g/mol. The summed E-state index contributed by atoms with van der Waals surface area (Å²) in [6.45, 7) is 0.262. The highest BCUT2D eigenvalue weighted by molar-refractivity contribution is 5.50. The molecule has 0 heterocycles. The molecule has 1 rings (SSSR count). The average molecular weight is 191 g/mol. The van der Waals surface area contributed by atoms with Crippen LogP contribution >= 0.6 is 0 Å². The fourth-order valence-electron chi connectivity index (χ4n) is 1.03. The summed E-state index contributed by atoms with van der Waals surface area (Å²) in [5, 5.41) is 18.8. The van der Waals surface area contributed by atoms with Crippen molar-refractivity contribution in [1.82, 2.24) is 0 Å². The highest BCUT2D eigenvalue weighted by Gasteiger charge is 2.05. The summed E-state index contributed by atoms with van der Waals surface area (Å²) in [6, 6.07) is 8.08. The van der Waals surface area contributed by atoms with Crippen molar-refractivity contribution in [1.29, 1.82) is 5.26 Å². The Labute approximate surface area is 81.3 Å². The van der Waals surface area contributed by atoms with Gasteiger partial charge in [0.1, 0.15) is 6.54 Å². The quantitative estimate of drug-likeness (QED) is 0.413. The van der Waals surface area contributed by atoms with Gasteiger partial charge in [-0.2, -0.15) is 5.26 Å². The molecule has 0 aliphatic carbocycles. The number of nitro groups is 1. The van der Waals surface area contributed by atoms with Gasteiger partial charge in [0.2, 0.25) is 0 Å². The van der Waals surface area contributed by atoms with E-state index in [2.05, 4.69) is 0 Å². The number of rotatable bonds is 3. The van der Waals surface area contributed by atoms with Gasteiger partial charge >= 0.3 is 0 Å². The summed E-state index contributed by atoms with van der Waals surface area (Å²) in [5.74, 6) is 0. The zero-order valence-electron chi connectivity index (χ0n) is 7.67. The van der Waals surface area contributed by atoms with Gasteiger partial charge in [-0.15, -0.1) is 0 Å². The van der Waals surface area contributed by atoms with E-state index >= 15 is 0 Å². The summed E-state index contributed by atoms with van der Waals surface area (Å²) >= 11 is 0. The Hall–Kier alpha value is -2.09. The van der Waals surface area contributed by atoms with E-state index in [0.717, 1.165) is 5.69 Å². The van der Waals surface area contributed by atoms with E-state index in [4.69, 9.17) is 5.26 Å². The number of nitrogens with zero attached hydrogens (tertiary/aromatic N) is 3. The van der Waals surface area contributed by atoms with Crippen molar-refractivity contribution in [2.45, 2.75) is 0 Å². The normalized spacial score (nSPS) is 9.14. The molecule has 0 aliphatic heterocycles. The van der Waals surface area contributed by atoms with Crippen molar-refractivity contribution >= 4 is 11.4 Å². The molecule has 0 unspecified atom stereocenters. The maximum absolute atomic E-state index is 10.3. The van der Waals surface area contributed by atoms with Crippen molar-refractivity contribution in [3.63, 3.8) is 0 Å². The lowest BCUT2D eigenvalue weighted by Gasteiger charge is -2.14. The first kappa shape index (κ1) is 9.99. The topological polar surface area (TPSA) is 70.2 Å². The van der Waals surface area contributed by atoms with Crippen LogP contribution in [0, 0.1) is 21.4 Å². The molecule has 72 valence electrons. The Morgan fingerprint density at radius 1 is 1.50 bits per heavy atom. The molecule has 0 spiro atoms. The summed E-state index contributed by atoms with van der Waals surface area (Å²) < 4.78 is 0. The van der Waals surface area contributed by atoms with Crippen LogP contribution in [-0.2, 0) is 0 Å². The number of nitriles is 1. The summed E-state index contributed by atoms with van der Waals surface area (Å²) in [5.41, 5.74) is 0.844. The van der Waals surface area contributed by atoms with Crippen LogP contribution in [0.2, 0.25) is 0 Å². The van der Waals surface area contributed by atoms with Gasteiger partial charge in [-0.1, -0.05) is 0 Å². The van der Waals surface area contributed by atoms with Crippen molar-refractivity contribution in [2.75, 3.05) is 18.5 Å². The lowest BCUT2D eigenvalue weighted by Crippen LogP contribution is -2.16. The fourth-order valence-corrected chi connectivity index (χ4v) is 1.03. The van der Waals surface area contributed by atoms with E-state index in [1.807, 2.05) is 6.07 Å². The van der Waals surface area contributed by atoms with Gasteiger partial charge in [0, 0.05) is 24.9 Å². The first-order valence-electron chi connectivity index (χ1n) is 3.97. The summed E-state index contributed by atoms with van der Waals surface area (Å²) in [7, 11) is 1.75. The minimum absolute atomic E-state index is 0.0547. The van der Waals surface area contributed by atoms with Gasteiger partial charge in [0.25, 0.3) is 5.69 Å². The number of non-ortho nitro benzene ring substituents is 1. The molecule has 0 aromatic heterocycles. The second kappa shape index (κ2) is 4.23. The van der Waals surface area contributed by atoms with Crippen LogP contribution < -0.4 is 4.90 Å². The summed E-state index contributed by atoms with van der Waals surface area (Å²) in [4.78, 5) is 11.6. The second-order valence-corrected chi connectivity index (χ2v) is 2.79. The van der Waals surface area contributed by atoms with Crippen LogP contribution in [0.15, 0.2) is 24.3 Å². The third-order valence-corrected chi connectivity index (χ3v) is 1.81. The lowest BCUT2D eigenvalue weighted by atomic mass is 10.2. The zero-order chi connectivity index (χ0) is 10.6. The molecule has 0 radical (unpaired) electrons. The molecule has 0 bridgehead atoms. The van der Waals surface area contributed by atoms with Gasteiger partial charge in [0.15, 0.2) is 0 Å². The Bertz CT molecular complexity index is 367. The van der Waals surface area contributed by atoms with Crippen molar-refractivity contribution < 1.29 is 4.92 Å². The van der Waals surface area contributed by atoms with E-state index in [0.29, 0.717) is 0 Å². The van der Waals surface area contributed by atoms with Gasteiger partial charge in [0.05, 0.1) is 11.0 Å². The van der Waals surface area contributed by atoms with Crippen LogP contribution in [0.3, 0.4) is 0 Å². The van der Waals surface area contributed by atoms with Crippen LogP contribution in [0.5, 0.6) is 0 Å². The SMILES string of the molecule is CN(CC#N)c1ccc([N+](=O)[O-])cc1. The van der Waals surface area contributed by atoms with Gasteiger partial charge < -0.3 is 4.90 Å². The Kier molecular flexibility index (Phi) is 3.02. The standard InChI is InChI=1S/C9H9N3O2/c1-11(7-6-10)8-2-4-9(5-3-8)12(13)14/h2-5H,7H2,1H3. The van der Waals surface area contributed by atoms with Crippen LogP contribution in [0.25, 0.3) is 0 Å². The van der Waals surface area contributed by atoms with Gasteiger partial charge in [-0.3, -0.25) is 10.1 Å². The number of hydrogen-bond acceptors (Lipinski definition) is 4. The van der Waals surface area contributed by atoms with Crippen LogP contribution in [0.1, 0.15) is 0 Å². The third-order valence-electron chi connectivity index (χ3n) is 1.81. The largest absolute Gasteiger partial charge is 0.361 e. The Morgan fingerprint density at radius 2 is 2.07 bits per heavy atom. The van der Waals surface area contributed by atoms with E-state index in [1.54, 1.807) is 24.1 Å². The maximum Gasteiger partial charge on any atom is 0.269 e. The zero-order valence-corrected chi connectivity index (χ0v) is 7.67. The first-order valence-corrected chi connectivity index (χ1v) is 3.97. The molecule has 0 saturated carbocycles. The monoisotopic (exact) mass is 191 g/mol. The first-order chi connectivity index (χ1) is 6.65. The van der Waals surface area contributed by atoms with Crippen LogP contribution in [-0.4, -0.2) is 18.5 Å². The Morgan fingerprint density at radius 3 is 2.50 bits per heavy atom. The molecule has 14 heavy (non-hydrogen) atoms. The smallest absolute Gasteiger partial charge is 0.269 e. The Balaban J connectivity index is 2.84. The lowest BCUT2D eigenvalue weighted by molar-refractivity contribution is -0.384. The fraction of sp³-hybridized carbons (Fsp3) is 0.222. The van der Waals surface area contributed by atoms with E-state index in [-0.39, 0.29) is 12.2 Å². The second-order valence-electron chi connectivity index (χ2n) is 2.79. The molecule has 5 nitrogen and oxygen atoms in total.